The van der Waals surface area contributed by atoms with Crippen LogP contribution >= 0.6 is 0 Å². The number of hydrogen-bond donors (Lipinski definition) is 1. The topological polar surface area (TPSA) is 28.2 Å². The van der Waals surface area contributed by atoms with E-state index in [-0.39, 0.29) is 5.54 Å². The lowest BCUT2D eigenvalue weighted by atomic mass is 10.0. The monoisotopic (exact) mass is 259 g/mol. The summed E-state index contributed by atoms with van der Waals surface area (Å²) >= 11 is 0. The second-order valence-electron chi connectivity index (χ2n) is 6.23. The molecule has 1 fully saturated rings. The van der Waals surface area contributed by atoms with Gasteiger partial charge in [0.1, 0.15) is 0 Å². The molecule has 0 radical (unpaired) electrons. The van der Waals surface area contributed by atoms with Crippen molar-refractivity contribution in [1.82, 2.24) is 10.3 Å². The standard InChI is InChI=1S/C16H25N3/c1-5-10-19(16(2,3)4)15-8-9-17-14(11-15)12-18-13-6-7-13/h5,8-9,11,13,18H,1,6-7,10,12H2,2-4H3. The number of aromatic nitrogens is 1. The summed E-state index contributed by atoms with van der Waals surface area (Å²) in [5, 5.41) is 3.51. The van der Waals surface area contributed by atoms with Gasteiger partial charge in [0.25, 0.3) is 0 Å². The van der Waals surface area contributed by atoms with Crippen molar-refractivity contribution in [2.45, 2.75) is 51.7 Å². The Labute approximate surface area is 116 Å². The quantitative estimate of drug-likeness (QED) is 0.796. The van der Waals surface area contributed by atoms with Crippen LogP contribution in [0.4, 0.5) is 5.69 Å². The van der Waals surface area contributed by atoms with E-state index in [1.54, 1.807) is 0 Å². The Morgan fingerprint density at radius 3 is 2.79 bits per heavy atom. The van der Waals surface area contributed by atoms with Gasteiger partial charge in [-0.25, -0.2) is 0 Å². The highest BCUT2D eigenvalue weighted by atomic mass is 15.2. The van der Waals surface area contributed by atoms with Crippen molar-refractivity contribution in [3.63, 3.8) is 0 Å². The summed E-state index contributed by atoms with van der Waals surface area (Å²) in [5.74, 6) is 0. The van der Waals surface area contributed by atoms with E-state index in [1.807, 2.05) is 12.3 Å². The van der Waals surface area contributed by atoms with E-state index in [1.165, 1.54) is 18.5 Å². The Balaban J connectivity index is 2.11. The average molecular weight is 259 g/mol. The van der Waals surface area contributed by atoms with Crippen molar-refractivity contribution in [2.75, 3.05) is 11.4 Å². The van der Waals surface area contributed by atoms with Crippen molar-refractivity contribution in [2.24, 2.45) is 0 Å². The molecular weight excluding hydrogens is 234 g/mol. The van der Waals surface area contributed by atoms with E-state index in [0.717, 1.165) is 24.8 Å². The zero-order chi connectivity index (χ0) is 13.9. The molecule has 104 valence electrons. The Kier molecular flexibility index (Phi) is 4.25. The lowest BCUT2D eigenvalue weighted by Crippen LogP contribution is -2.41. The highest BCUT2D eigenvalue weighted by Crippen LogP contribution is 2.24. The van der Waals surface area contributed by atoms with E-state index in [9.17, 15) is 0 Å². The van der Waals surface area contributed by atoms with Gasteiger partial charge in [0.05, 0.1) is 5.69 Å². The van der Waals surface area contributed by atoms with Gasteiger partial charge in [0.2, 0.25) is 0 Å². The number of anilines is 1. The molecular formula is C16H25N3. The normalized spacial score (nSPS) is 15.3. The van der Waals surface area contributed by atoms with E-state index in [2.05, 4.69) is 54.7 Å². The first-order valence-corrected chi connectivity index (χ1v) is 7.07. The molecule has 3 nitrogen and oxygen atoms in total. The minimum atomic E-state index is 0.0801. The SMILES string of the molecule is C=CCN(c1ccnc(CNC2CC2)c1)C(C)(C)C. The van der Waals surface area contributed by atoms with Crippen LogP contribution in [0.15, 0.2) is 31.0 Å². The molecule has 1 heterocycles. The minimum absolute atomic E-state index is 0.0801. The third-order valence-corrected chi connectivity index (χ3v) is 3.38. The number of pyridine rings is 1. The fourth-order valence-corrected chi connectivity index (χ4v) is 2.16. The largest absolute Gasteiger partial charge is 0.363 e. The fourth-order valence-electron chi connectivity index (χ4n) is 2.16. The Morgan fingerprint density at radius 2 is 2.21 bits per heavy atom. The molecule has 1 saturated carbocycles. The Morgan fingerprint density at radius 1 is 1.47 bits per heavy atom. The van der Waals surface area contributed by atoms with Crippen LogP contribution in [0.3, 0.4) is 0 Å². The summed E-state index contributed by atoms with van der Waals surface area (Å²) in [6.45, 7) is 12.2. The third-order valence-electron chi connectivity index (χ3n) is 3.38. The van der Waals surface area contributed by atoms with Gasteiger partial charge >= 0.3 is 0 Å². The molecule has 0 atom stereocenters. The molecule has 1 N–H and O–H groups in total. The smallest absolute Gasteiger partial charge is 0.0562 e. The maximum atomic E-state index is 4.45. The van der Waals surface area contributed by atoms with Crippen molar-refractivity contribution in [3.8, 4) is 0 Å². The molecule has 0 amide bonds. The second kappa shape index (κ2) is 5.74. The molecule has 1 aliphatic carbocycles. The van der Waals surface area contributed by atoms with E-state index in [4.69, 9.17) is 0 Å². The third kappa shape index (κ3) is 4.06. The van der Waals surface area contributed by atoms with Gasteiger partial charge in [0.15, 0.2) is 0 Å². The molecule has 0 aromatic carbocycles. The highest BCUT2D eigenvalue weighted by molar-refractivity contribution is 5.49. The van der Waals surface area contributed by atoms with Gasteiger partial charge in [0, 0.05) is 36.6 Å². The summed E-state index contributed by atoms with van der Waals surface area (Å²) < 4.78 is 0. The summed E-state index contributed by atoms with van der Waals surface area (Å²) in [6, 6.07) is 4.98. The maximum absolute atomic E-state index is 4.45. The predicted molar refractivity (Wildman–Crippen MR) is 81.4 cm³/mol. The summed E-state index contributed by atoms with van der Waals surface area (Å²) in [5.41, 5.74) is 2.41. The molecule has 3 heteroatoms. The van der Waals surface area contributed by atoms with E-state index >= 15 is 0 Å². The maximum Gasteiger partial charge on any atom is 0.0562 e. The molecule has 0 saturated heterocycles. The molecule has 2 rings (SSSR count). The van der Waals surface area contributed by atoms with E-state index < -0.39 is 0 Å². The Hall–Kier alpha value is -1.35. The van der Waals surface area contributed by atoms with Crippen LogP contribution in [0.5, 0.6) is 0 Å². The van der Waals surface area contributed by atoms with Crippen LogP contribution in [-0.4, -0.2) is 23.1 Å². The van der Waals surface area contributed by atoms with Crippen molar-refractivity contribution in [1.29, 1.82) is 0 Å². The zero-order valence-electron chi connectivity index (χ0n) is 12.3. The van der Waals surface area contributed by atoms with Crippen molar-refractivity contribution in [3.05, 3.63) is 36.7 Å². The highest BCUT2D eigenvalue weighted by Gasteiger charge is 2.22. The first-order valence-electron chi connectivity index (χ1n) is 7.07. The van der Waals surface area contributed by atoms with Crippen LogP contribution in [0.25, 0.3) is 0 Å². The number of nitrogens with zero attached hydrogens (tertiary/aromatic N) is 2. The van der Waals surface area contributed by atoms with Gasteiger partial charge in [-0.2, -0.15) is 0 Å². The van der Waals surface area contributed by atoms with Crippen LogP contribution in [0, 0.1) is 0 Å². The van der Waals surface area contributed by atoms with E-state index in [0.29, 0.717) is 0 Å². The predicted octanol–water partition coefficient (Wildman–Crippen LogP) is 3.12. The summed E-state index contributed by atoms with van der Waals surface area (Å²) in [4.78, 5) is 6.80. The first-order chi connectivity index (χ1) is 9.00. The van der Waals surface area contributed by atoms with Crippen LogP contribution in [0.2, 0.25) is 0 Å². The summed E-state index contributed by atoms with van der Waals surface area (Å²) in [6.07, 6.45) is 6.48. The molecule has 1 aromatic heterocycles. The lowest BCUT2D eigenvalue weighted by Gasteiger charge is -2.37. The molecule has 0 bridgehead atoms. The van der Waals surface area contributed by atoms with Gasteiger partial charge in [-0.15, -0.1) is 6.58 Å². The zero-order valence-corrected chi connectivity index (χ0v) is 12.3. The minimum Gasteiger partial charge on any atom is -0.363 e. The number of nitrogens with one attached hydrogen (secondary N) is 1. The summed E-state index contributed by atoms with van der Waals surface area (Å²) in [7, 11) is 0. The molecule has 1 aliphatic rings. The second-order valence-corrected chi connectivity index (χ2v) is 6.23. The average Bonchev–Trinajstić information content (AvgIpc) is 3.16. The lowest BCUT2D eigenvalue weighted by molar-refractivity contribution is 0.521. The van der Waals surface area contributed by atoms with Gasteiger partial charge in [-0.05, 0) is 45.7 Å². The van der Waals surface area contributed by atoms with Crippen molar-refractivity contribution < 1.29 is 0 Å². The van der Waals surface area contributed by atoms with Crippen molar-refractivity contribution >= 4 is 5.69 Å². The van der Waals surface area contributed by atoms with Gasteiger partial charge < -0.3 is 10.2 Å². The fraction of sp³-hybridized carbons (Fsp3) is 0.562. The van der Waals surface area contributed by atoms with Crippen LogP contribution in [0.1, 0.15) is 39.3 Å². The molecule has 19 heavy (non-hydrogen) atoms. The van der Waals surface area contributed by atoms with Gasteiger partial charge in [-0.1, -0.05) is 6.08 Å². The molecule has 0 aliphatic heterocycles. The number of rotatable bonds is 6. The van der Waals surface area contributed by atoms with Gasteiger partial charge in [-0.3, -0.25) is 4.98 Å². The first kappa shape index (κ1) is 14.1. The molecule has 0 spiro atoms. The van der Waals surface area contributed by atoms with Crippen LogP contribution in [-0.2, 0) is 6.54 Å². The van der Waals surface area contributed by atoms with Crippen LogP contribution < -0.4 is 10.2 Å². The Bertz CT molecular complexity index is 430. The number of hydrogen-bond acceptors (Lipinski definition) is 3. The molecule has 0 unspecified atom stereocenters. The molecule has 1 aromatic rings.